The van der Waals surface area contributed by atoms with Crippen LogP contribution in [-0.2, 0) is 18.4 Å². The zero-order chi connectivity index (χ0) is 9.78. The molecule has 0 aromatic heterocycles. The Labute approximate surface area is 77.9 Å². The topological polar surface area (TPSA) is 52.6 Å². The van der Waals surface area contributed by atoms with Crippen molar-refractivity contribution in [3.8, 4) is 0 Å². The lowest BCUT2D eigenvalue weighted by Gasteiger charge is -2.20. The smallest absolute Gasteiger partial charge is 0.457 e. The van der Waals surface area contributed by atoms with E-state index < -0.39 is 20.5 Å². The van der Waals surface area contributed by atoms with Crippen molar-refractivity contribution in [3.63, 3.8) is 0 Å². The quantitative estimate of drug-likeness (QED) is 0.548. The van der Waals surface area contributed by atoms with Gasteiger partial charge in [0.25, 0.3) is 5.97 Å². The number of carbonyl (C=O) groups excluding carboxylic acids is 2. The molecule has 0 N–H and O–H groups in total. The summed E-state index contributed by atoms with van der Waals surface area (Å²) >= 11 is 3.73. The lowest BCUT2D eigenvalue weighted by molar-refractivity contribution is -0.138. The Bertz CT molecular complexity index is 192. The minimum atomic E-state index is -2.60. The molecule has 0 amide bonds. The summed E-state index contributed by atoms with van der Waals surface area (Å²) in [5, 5.41) is 0. The molecule has 0 saturated carbocycles. The highest BCUT2D eigenvalue weighted by Crippen LogP contribution is 2.07. The van der Waals surface area contributed by atoms with E-state index in [1.165, 1.54) is 6.92 Å². The van der Waals surface area contributed by atoms with Gasteiger partial charge in [0.15, 0.2) is 0 Å². The SMILES string of the molecule is CC(=O)O[Si](C)(C)OC(=O)CS. The number of hydrogen-bond acceptors (Lipinski definition) is 5. The molecule has 0 aliphatic rings. The molecule has 0 aromatic carbocycles. The summed E-state index contributed by atoms with van der Waals surface area (Å²) in [6.07, 6.45) is 0. The van der Waals surface area contributed by atoms with Gasteiger partial charge in [-0.3, -0.25) is 9.59 Å². The maximum absolute atomic E-state index is 10.8. The van der Waals surface area contributed by atoms with E-state index >= 15 is 0 Å². The van der Waals surface area contributed by atoms with Crippen LogP contribution in [-0.4, -0.2) is 26.3 Å². The lowest BCUT2D eigenvalue weighted by atomic mass is 10.8. The van der Waals surface area contributed by atoms with Crippen LogP contribution in [0.3, 0.4) is 0 Å². The van der Waals surface area contributed by atoms with Crippen molar-refractivity contribution < 1.29 is 18.4 Å². The van der Waals surface area contributed by atoms with E-state index in [0.717, 1.165) is 0 Å². The molecule has 0 bridgehead atoms. The van der Waals surface area contributed by atoms with Gasteiger partial charge in [0.1, 0.15) is 0 Å². The second kappa shape index (κ2) is 4.51. The van der Waals surface area contributed by atoms with E-state index in [9.17, 15) is 9.59 Å². The predicted molar refractivity (Wildman–Crippen MR) is 49.2 cm³/mol. The van der Waals surface area contributed by atoms with Crippen LogP contribution in [0.5, 0.6) is 0 Å². The number of carbonyl (C=O) groups is 2. The van der Waals surface area contributed by atoms with E-state index in [-0.39, 0.29) is 5.75 Å². The van der Waals surface area contributed by atoms with Gasteiger partial charge in [-0.15, -0.1) is 0 Å². The first kappa shape index (κ1) is 11.5. The summed E-state index contributed by atoms with van der Waals surface area (Å²) < 4.78 is 9.71. The van der Waals surface area contributed by atoms with E-state index in [1.807, 2.05) is 0 Å². The van der Waals surface area contributed by atoms with E-state index in [4.69, 9.17) is 8.85 Å². The Hall–Kier alpha value is -0.493. The molecule has 70 valence electrons. The zero-order valence-corrected chi connectivity index (χ0v) is 9.18. The van der Waals surface area contributed by atoms with Gasteiger partial charge in [0, 0.05) is 20.0 Å². The molecule has 0 heterocycles. The largest absolute Gasteiger partial charge is 0.485 e. The Balaban J connectivity index is 4.03. The molecule has 12 heavy (non-hydrogen) atoms. The fraction of sp³-hybridized carbons (Fsp3) is 0.667. The zero-order valence-electron chi connectivity index (χ0n) is 7.29. The third-order valence-corrected chi connectivity index (χ3v) is 2.63. The Morgan fingerprint density at radius 1 is 1.33 bits per heavy atom. The average molecular weight is 208 g/mol. The van der Waals surface area contributed by atoms with E-state index in [0.29, 0.717) is 0 Å². The van der Waals surface area contributed by atoms with Gasteiger partial charge in [-0.25, -0.2) is 0 Å². The molecule has 6 heteroatoms. The van der Waals surface area contributed by atoms with Crippen LogP contribution in [0.2, 0.25) is 13.1 Å². The summed E-state index contributed by atoms with van der Waals surface area (Å²) in [7, 11) is -2.60. The molecule has 0 rings (SSSR count). The molecule has 0 aromatic rings. The second-order valence-corrected chi connectivity index (χ2v) is 6.15. The maximum Gasteiger partial charge on any atom is 0.457 e. The van der Waals surface area contributed by atoms with Gasteiger partial charge in [-0.2, -0.15) is 12.6 Å². The normalized spacial score (nSPS) is 10.7. The standard InChI is InChI=1S/C6H12O4SSi/c1-5(7)9-12(2,3)10-6(8)4-11/h11H,4H2,1-3H3. The van der Waals surface area contributed by atoms with Crippen molar-refractivity contribution in [2.24, 2.45) is 0 Å². The average Bonchev–Trinajstić information content (AvgIpc) is 1.83. The summed E-state index contributed by atoms with van der Waals surface area (Å²) in [6.45, 7) is 4.52. The Morgan fingerprint density at radius 2 is 1.83 bits per heavy atom. The van der Waals surface area contributed by atoms with Crippen molar-refractivity contribution in [2.75, 3.05) is 5.75 Å². The highest BCUT2D eigenvalue weighted by molar-refractivity contribution is 7.81. The fourth-order valence-corrected chi connectivity index (χ4v) is 2.21. The molecule has 0 radical (unpaired) electrons. The van der Waals surface area contributed by atoms with Gasteiger partial charge < -0.3 is 8.85 Å². The van der Waals surface area contributed by atoms with Crippen LogP contribution >= 0.6 is 12.6 Å². The molecule has 0 unspecified atom stereocenters. The minimum absolute atomic E-state index is 0.00229. The van der Waals surface area contributed by atoms with Crippen molar-refractivity contribution in [3.05, 3.63) is 0 Å². The first-order chi connectivity index (χ1) is 5.37. The summed E-state index contributed by atoms with van der Waals surface area (Å²) in [4.78, 5) is 21.3. The number of rotatable bonds is 3. The first-order valence-electron chi connectivity index (χ1n) is 3.39. The van der Waals surface area contributed by atoms with Crippen LogP contribution in [0, 0.1) is 0 Å². The van der Waals surface area contributed by atoms with Gasteiger partial charge in [0.2, 0.25) is 0 Å². The highest BCUT2D eigenvalue weighted by Gasteiger charge is 2.31. The monoisotopic (exact) mass is 208 g/mol. The van der Waals surface area contributed by atoms with Crippen molar-refractivity contribution >= 4 is 33.1 Å². The third-order valence-electron chi connectivity index (χ3n) is 0.878. The van der Waals surface area contributed by atoms with Crippen molar-refractivity contribution in [2.45, 2.75) is 20.0 Å². The van der Waals surface area contributed by atoms with Crippen LogP contribution in [0.4, 0.5) is 0 Å². The summed E-state index contributed by atoms with van der Waals surface area (Å²) in [5.41, 5.74) is 0. The summed E-state index contributed by atoms with van der Waals surface area (Å²) in [6, 6.07) is 0. The molecule has 0 spiro atoms. The second-order valence-electron chi connectivity index (χ2n) is 2.63. The molecule has 0 aliphatic carbocycles. The fourth-order valence-electron chi connectivity index (χ4n) is 0.673. The maximum atomic E-state index is 10.8. The van der Waals surface area contributed by atoms with Gasteiger partial charge in [-0.05, 0) is 0 Å². The van der Waals surface area contributed by atoms with Crippen LogP contribution < -0.4 is 0 Å². The van der Waals surface area contributed by atoms with E-state index in [1.54, 1.807) is 13.1 Å². The van der Waals surface area contributed by atoms with Gasteiger partial charge in [-0.1, -0.05) is 0 Å². The van der Waals surface area contributed by atoms with E-state index in [2.05, 4.69) is 12.6 Å². The third kappa shape index (κ3) is 5.20. The van der Waals surface area contributed by atoms with Crippen molar-refractivity contribution in [1.82, 2.24) is 0 Å². The van der Waals surface area contributed by atoms with Crippen LogP contribution in [0.15, 0.2) is 0 Å². The minimum Gasteiger partial charge on any atom is -0.485 e. The number of hydrogen-bond donors (Lipinski definition) is 1. The highest BCUT2D eigenvalue weighted by atomic mass is 32.1. The Kier molecular flexibility index (Phi) is 4.33. The summed E-state index contributed by atoms with van der Waals surface area (Å²) in [5.74, 6) is -0.896. The molecule has 0 aliphatic heterocycles. The predicted octanol–water partition coefficient (Wildman–Crippen LogP) is 0.724. The molecule has 0 saturated heterocycles. The first-order valence-corrected chi connectivity index (χ1v) is 6.84. The molecule has 0 fully saturated rings. The van der Waals surface area contributed by atoms with Crippen LogP contribution in [0.25, 0.3) is 0 Å². The molecular formula is C6H12O4SSi. The lowest BCUT2D eigenvalue weighted by Crippen LogP contribution is -2.39. The molecule has 4 nitrogen and oxygen atoms in total. The van der Waals surface area contributed by atoms with Crippen molar-refractivity contribution in [1.29, 1.82) is 0 Å². The van der Waals surface area contributed by atoms with Gasteiger partial charge >= 0.3 is 14.5 Å². The van der Waals surface area contributed by atoms with Crippen LogP contribution in [0.1, 0.15) is 6.92 Å². The Morgan fingerprint density at radius 3 is 2.17 bits per heavy atom. The molecular weight excluding hydrogens is 196 g/mol. The number of thiol groups is 1. The molecule has 0 atom stereocenters. The van der Waals surface area contributed by atoms with Gasteiger partial charge in [0.05, 0.1) is 5.75 Å².